The van der Waals surface area contributed by atoms with Gasteiger partial charge in [0.15, 0.2) is 0 Å². The minimum atomic E-state index is -0.443. The van der Waals surface area contributed by atoms with Gasteiger partial charge in [0.1, 0.15) is 0 Å². The number of nitrogens with two attached hydrogens (primary N) is 2. The lowest BCUT2D eigenvalue weighted by molar-refractivity contribution is 0.100. The number of rotatable bonds is 4. The van der Waals surface area contributed by atoms with E-state index in [0.717, 1.165) is 6.54 Å². The summed E-state index contributed by atoms with van der Waals surface area (Å²) in [6.45, 7) is 4.95. The summed E-state index contributed by atoms with van der Waals surface area (Å²) in [6.07, 6.45) is 0. The normalized spacial score (nSPS) is 10.3. The summed E-state index contributed by atoms with van der Waals surface area (Å²) >= 11 is 0. The number of nitrogens with one attached hydrogen (secondary N) is 1. The molecule has 0 aromatic heterocycles. The third kappa shape index (κ3) is 3.16. The van der Waals surface area contributed by atoms with Crippen molar-refractivity contribution in [3.05, 3.63) is 23.8 Å². The van der Waals surface area contributed by atoms with E-state index in [2.05, 4.69) is 19.2 Å². The quantitative estimate of drug-likeness (QED) is 0.653. The van der Waals surface area contributed by atoms with E-state index in [1.54, 1.807) is 18.2 Å². The highest BCUT2D eigenvalue weighted by molar-refractivity contribution is 5.99. The largest absolute Gasteiger partial charge is 0.399 e. The van der Waals surface area contributed by atoms with E-state index in [0.29, 0.717) is 22.9 Å². The minimum absolute atomic E-state index is 0.443. The lowest BCUT2D eigenvalue weighted by Crippen LogP contribution is -2.16. The van der Waals surface area contributed by atoms with Gasteiger partial charge in [-0.1, -0.05) is 13.8 Å². The molecule has 0 unspecified atom stereocenters. The molecule has 5 N–H and O–H groups in total. The minimum Gasteiger partial charge on any atom is -0.399 e. The molecule has 1 rings (SSSR count). The summed E-state index contributed by atoms with van der Waals surface area (Å²) in [5, 5.41) is 3.15. The Bertz CT molecular complexity index is 361. The molecule has 0 aliphatic heterocycles. The lowest BCUT2D eigenvalue weighted by Gasteiger charge is -2.12. The van der Waals surface area contributed by atoms with Crippen LogP contribution in [0.4, 0.5) is 11.4 Å². The standard InChI is InChI=1S/C11H17N3O/c1-7(2)6-14-10-5-8(12)3-4-9(10)11(13)15/h3-5,7,14H,6,12H2,1-2H3,(H2,13,15). The predicted molar refractivity (Wildman–Crippen MR) is 62.7 cm³/mol. The molecule has 0 spiro atoms. The molecule has 1 aromatic carbocycles. The first-order valence-electron chi connectivity index (χ1n) is 4.94. The van der Waals surface area contributed by atoms with Crippen LogP contribution in [0.1, 0.15) is 24.2 Å². The molecule has 1 amide bonds. The zero-order valence-electron chi connectivity index (χ0n) is 9.08. The van der Waals surface area contributed by atoms with E-state index in [1.165, 1.54) is 0 Å². The molecule has 0 radical (unpaired) electrons. The van der Waals surface area contributed by atoms with Crippen molar-refractivity contribution in [1.82, 2.24) is 0 Å². The van der Waals surface area contributed by atoms with Gasteiger partial charge in [0, 0.05) is 17.9 Å². The molecule has 1 aromatic rings. The molecule has 0 bridgehead atoms. The number of primary amides is 1. The van der Waals surface area contributed by atoms with Crippen molar-refractivity contribution >= 4 is 17.3 Å². The second-order valence-corrected chi connectivity index (χ2v) is 3.94. The molecule has 4 nitrogen and oxygen atoms in total. The van der Waals surface area contributed by atoms with Gasteiger partial charge in [0.2, 0.25) is 0 Å². The monoisotopic (exact) mass is 207 g/mol. The van der Waals surface area contributed by atoms with Gasteiger partial charge in [-0.25, -0.2) is 0 Å². The van der Waals surface area contributed by atoms with Crippen molar-refractivity contribution in [2.24, 2.45) is 11.7 Å². The Labute approximate surface area is 89.6 Å². The maximum Gasteiger partial charge on any atom is 0.250 e. The highest BCUT2D eigenvalue weighted by Crippen LogP contribution is 2.19. The number of carbonyl (C=O) groups is 1. The molecule has 15 heavy (non-hydrogen) atoms. The van der Waals surface area contributed by atoms with Crippen LogP contribution in [-0.2, 0) is 0 Å². The SMILES string of the molecule is CC(C)CNc1cc(N)ccc1C(N)=O. The molecule has 0 aliphatic rings. The lowest BCUT2D eigenvalue weighted by atomic mass is 10.1. The smallest absolute Gasteiger partial charge is 0.250 e. The van der Waals surface area contributed by atoms with Crippen LogP contribution in [0.2, 0.25) is 0 Å². The van der Waals surface area contributed by atoms with Gasteiger partial charge >= 0.3 is 0 Å². The summed E-state index contributed by atoms with van der Waals surface area (Å²) in [7, 11) is 0. The van der Waals surface area contributed by atoms with Crippen LogP contribution < -0.4 is 16.8 Å². The van der Waals surface area contributed by atoms with Gasteiger partial charge in [-0.3, -0.25) is 4.79 Å². The number of benzene rings is 1. The Morgan fingerprint density at radius 2 is 2.13 bits per heavy atom. The third-order valence-corrected chi connectivity index (χ3v) is 2.01. The summed E-state index contributed by atoms with van der Waals surface area (Å²) in [5.74, 6) is 0.0495. The molecule has 4 heteroatoms. The van der Waals surface area contributed by atoms with Gasteiger partial charge in [0.05, 0.1) is 5.56 Å². The van der Waals surface area contributed by atoms with Gasteiger partial charge in [-0.05, 0) is 24.1 Å². The Balaban J connectivity index is 2.92. The Morgan fingerprint density at radius 1 is 1.47 bits per heavy atom. The fourth-order valence-electron chi connectivity index (χ4n) is 1.24. The van der Waals surface area contributed by atoms with E-state index < -0.39 is 5.91 Å². The summed E-state index contributed by atoms with van der Waals surface area (Å²) in [5.41, 5.74) is 12.7. The summed E-state index contributed by atoms with van der Waals surface area (Å²) in [6, 6.07) is 5.03. The average Bonchev–Trinajstić information content (AvgIpc) is 2.14. The van der Waals surface area contributed by atoms with Gasteiger partial charge < -0.3 is 16.8 Å². The first-order valence-corrected chi connectivity index (χ1v) is 4.94. The molecule has 0 saturated carbocycles. The zero-order chi connectivity index (χ0) is 11.4. The Morgan fingerprint density at radius 3 is 2.67 bits per heavy atom. The Hall–Kier alpha value is -1.71. The molecule has 0 saturated heterocycles. The zero-order valence-corrected chi connectivity index (χ0v) is 9.08. The van der Waals surface area contributed by atoms with Crippen molar-refractivity contribution in [1.29, 1.82) is 0 Å². The molecule has 0 heterocycles. The van der Waals surface area contributed by atoms with Crippen LogP contribution >= 0.6 is 0 Å². The third-order valence-electron chi connectivity index (χ3n) is 2.01. The molecule has 0 aliphatic carbocycles. The topological polar surface area (TPSA) is 81.1 Å². The predicted octanol–water partition coefficient (Wildman–Crippen LogP) is 1.44. The molecule has 0 fully saturated rings. The van der Waals surface area contributed by atoms with Crippen molar-refractivity contribution in [2.75, 3.05) is 17.6 Å². The number of hydrogen-bond donors (Lipinski definition) is 3. The van der Waals surface area contributed by atoms with Gasteiger partial charge in [0.25, 0.3) is 5.91 Å². The first-order chi connectivity index (χ1) is 7.00. The van der Waals surface area contributed by atoms with E-state index >= 15 is 0 Å². The fourth-order valence-corrected chi connectivity index (χ4v) is 1.24. The summed E-state index contributed by atoms with van der Waals surface area (Å²) < 4.78 is 0. The average molecular weight is 207 g/mol. The number of anilines is 2. The molecular weight excluding hydrogens is 190 g/mol. The second-order valence-electron chi connectivity index (χ2n) is 3.94. The van der Waals surface area contributed by atoms with Crippen LogP contribution in [0.3, 0.4) is 0 Å². The molecule has 0 atom stereocenters. The summed E-state index contributed by atoms with van der Waals surface area (Å²) in [4.78, 5) is 11.1. The van der Waals surface area contributed by atoms with Crippen LogP contribution in [0, 0.1) is 5.92 Å². The number of nitrogen functional groups attached to an aromatic ring is 1. The second kappa shape index (κ2) is 4.68. The van der Waals surface area contributed by atoms with Crippen molar-refractivity contribution in [3.63, 3.8) is 0 Å². The van der Waals surface area contributed by atoms with E-state index in [1.807, 2.05) is 0 Å². The van der Waals surface area contributed by atoms with Crippen LogP contribution in [-0.4, -0.2) is 12.5 Å². The molecular formula is C11H17N3O. The van der Waals surface area contributed by atoms with Crippen LogP contribution in [0.15, 0.2) is 18.2 Å². The van der Waals surface area contributed by atoms with Gasteiger partial charge in [-0.15, -0.1) is 0 Å². The van der Waals surface area contributed by atoms with Crippen molar-refractivity contribution < 1.29 is 4.79 Å². The number of hydrogen-bond acceptors (Lipinski definition) is 3. The van der Waals surface area contributed by atoms with Crippen molar-refractivity contribution in [2.45, 2.75) is 13.8 Å². The number of carbonyl (C=O) groups excluding carboxylic acids is 1. The van der Waals surface area contributed by atoms with Crippen LogP contribution in [0.5, 0.6) is 0 Å². The first kappa shape index (κ1) is 11.4. The van der Waals surface area contributed by atoms with E-state index in [4.69, 9.17) is 11.5 Å². The Kier molecular flexibility index (Phi) is 3.55. The highest BCUT2D eigenvalue weighted by atomic mass is 16.1. The van der Waals surface area contributed by atoms with E-state index in [-0.39, 0.29) is 0 Å². The van der Waals surface area contributed by atoms with E-state index in [9.17, 15) is 4.79 Å². The maximum absolute atomic E-state index is 11.1. The maximum atomic E-state index is 11.1. The number of amides is 1. The highest BCUT2D eigenvalue weighted by Gasteiger charge is 2.08. The molecule has 82 valence electrons. The van der Waals surface area contributed by atoms with Crippen LogP contribution in [0.25, 0.3) is 0 Å². The van der Waals surface area contributed by atoms with Crippen molar-refractivity contribution in [3.8, 4) is 0 Å². The fraction of sp³-hybridized carbons (Fsp3) is 0.364. The van der Waals surface area contributed by atoms with Gasteiger partial charge in [-0.2, -0.15) is 0 Å².